The van der Waals surface area contributed by atoms with Crippen molar-refractivity contribution in [2.24, 2.45) is 0 Å². The van der Waals surface area contributed by atoms with Gasteiger partial charge in [-0.2, -0.15) is 0 Å². The van der Waals surface area contributed by atoms with Crippen molar-refractivity contribution in [2.45, 2.75) is 6.42 Å². The van der Waals surface area contributed by atoms with Gasteiger partial charge in [0.05, 0.1) is 5.56 Å². The Morgan fingerprint density at radius 1 is 0.806 bits per heavy atom. The summed E-state index contributed by atoms with van der Waals surface area (Å²) in [4.78, 5) is 19.3. The quantitative estimate of drug-likeness (QED) is 0.430. The highest BCUT2D eigenvalue weighted by Crippen LogP contribution is 2.29. The van der Waals surface area contributed by atoms with Crippen molar-refractivity contribution < 1.29 is 9.90 Å². The molecule has 6 heteroatoms. The van der Waals surface area contributed by atoms with Crippen LogP contribution in [0.25, 0.3) is 33.4 Å². The van der Waals surface area contributed by atoms with Gasteiger partial charge in [-0.15, -0.1) is 10.2 Å². The standard InChI is InChI=1S/C25H18N4O2/c30-25(31)18-12-10-17(11-13-18)24-23(16-6-2-1-3-7-16)27-22(28-29-24)14-19-15-26-21-9-5-4-8-20(19)21/h1-13,15,26H,14H2,(H,30,31). The van der Waals surface area contributed by atoms with Gasteiger partial charge in [-0.1, -0.05) is 60.7 Å². The maximum Gasteiger partial charge on any atom is 0.335 e. The Labute approximate surface area is 178 Å². The summed E-state index contributed by atoms with van der Waals surface area (Å²) in [6, 6.07) is 24.5. The second kappa shape index (κ2) is 7.84. The molecular formula is C25H18N4O2. The van der Waals surface area contributed by atoms with Crippen molar-refractivity contribution in [3.63, 3.8) is 0 Å². The average molecular weight is 406 g/mol. The maximum atomic E-state index is 11.2. The number of hydrogen-bond donors (Lipinski definition) is 2. The summed E-state index contributed by atoms with van der Waals surface area (Å²) in [6.45, 7) is 0. The molecule has 2 N–H and O–H groups in total. The molecule has 5 aromatic rings. The van der Waals surface area contributed by atoms with Crippen molar-refractivity contribution in [3.8, 4) is 22.5 Å². The highest BCUT2D eigenvalue weighted by atomic mass is 16.4. The molecule has 2 aromatic heterocycles. The average Bonchev–Trinajstić information content (AvgIpc) is 3.22. The molecule has 150 valence electrons. The first-order valence-electron chi connectivity index (χ1n) is 9.87. The largest absolute Gasteiger partial charge is 0.478 e. The van der Waals surface area contributed by atoms with Crippen LogP contribution in [0.15, 0.2) is 85.1 Å². The highest BCUT2D eigenvalue weighted by molar-refractivity contribution is 5.89. The molecule has 0 bridgehead atoms. The maximum absolute atomic E-state index is 11.2. The van der Waals surface area contributed by atoms with Gasteiger partial charge >= 0.3 is 5.97 Å². The van der Waals surface area contributed by atoms with Crippen LogP contribution in [0, 0.1) is 0 Å². The molecule has 0 radical (unpaired) electrons. The third-order valence-electron chi connectivity index (χ3n) is 5.21. The zero-order valence-corrected chi connectivity index (χ0v) is 16.5. The Balaban J connectivity index is 1.58. The topological polar surface area (TPSA) is 91.8 Å². The lowest BCUT2D eigenvalue weighted by Crippen LogP contribution is -2.04. The van der Waals surface area contributed by atoms with Crippen LogP contribution in [0.1, 0.15) is 21.7 Å². The normalized spacial score (nSPS) is 11.0. The highest BCUT2D eigenvalue weighted by Gasteiger charge is 2.15. The van der Waals surface area contributed by atoms with Crippen LogP contribution in [0.2, 0.25) is 0 Å². The number of aromatic carboxylic acids is 1. The lowest BCUT2D eigenvalue weighted by atomic mass is 10.0. The molecule has 0 amide bonds. The molecule has 31 heavy (non-hydrogen) atoms. The first kappa shape index (κ1) is 18.7. The van der Waals surface area contributed by atoms with Gasteiger partial charge in [-0.25, -0.2) is 9.78 Å². The van der Waals surface area contributed by atoms with Crippen LogP contribution >= 0.6 is 0 Å². The minimum atomic E-state index is -0.965. The third-order valence-corrected chi connectivity index (χ3v) is 5.21. The number of aromatic amines is 1. The molecule has 0 saturated carbocycles. The van der Waals surface area contributed by atoms with Crippen molar-refractivity contribution in [1.29, 1.82) is 0 Å². The van der Waals surface area contributed by atoms with E-state index in [1.165, 1.54) is 0 Å². The molecule has 0 unspecified atom stereocenters. The second-order valence-corrected chi connectivity index (χ2v) is 7.21. The molecule has 6 nitrogen and oxygen atoms in total. The Hall–Kier alpha value is -4.32. The predicted octanol–water partition coefficient (Wildman–Crippen LogP) is 4.98. The van der Waals surface area contributed by atoms with Crippen molar-refractivity contribution >= 4 is 16.9 Å². The lowest BCUT2D eigenvalue weighted by molar-refractivity contribution is 0.0697. The SMILES string of the molecule is O=C(O)c1ccc(-c2nnc(Cc3c[nH]c4ccccc34)nc2-c2ccccc2)cc1. The molecule has 0 aliphatic rings. The molecular weight excluding hydrogens is 388 g/mol. The number of nitrogens with one attached hydrogen (secondary N) is 1. The molecule has 0 saturated heterocycles. The van der Waals surface area contributed by atoms with E-state index in [4.69, 9.17) is 4.98 Å². The van der Waals surface area contributed by atoms with Crippen LogP contribution in [-0.2, 0) is 6.42 Å². The Morgan fingerprint density at radius 3 is 2.29 bits per heavy atom. The van der Waals surface area contributed by atoms with Gasteiger partial charge in [-0.3, -0.25) is 0 Å². The van der Waals surface area contributed by atoms with Crippen molar-refractivity contribution in [1.82, 2.24) is 20.2 Å². The van der Waals surface area contributed by atoms with E-state index < -0.39 is 5.97 Å². The molecule has 0 atom stereocenters. The number of carboxylic acid groups (broad SMARTS) is 1. The molecule has 3 aromatic carbocycles. The number of H-pyrrole nitrogens is 1. The van der Waals surface area contributed by atoms with E-state index in [0.717, 1.165) is 27.6 Å². The molecule has 0 aliphatic heterocycles. The van der Waals surface area contributed by atoms with Crippen molar-refractivity contribution in [2.75, 3.05) is 0 Å². The number of carboxylic acids is 1. The van der Waals surface area contributed by atoms with Gasteiger partial charge in [0, 0.05) is 34.6 Å². The summed E-state index contributed by atoms with van der Waals surface area (Å²) in [7, 11) is 0. The van der Waals surface area contributed by atoms with Crippen LogP contribution < -0.4 is 0 Å². The van der Waals surface area contributed by atoms with Crippen LogP contribution in [-0.4, -0.2) is 31.2 Å². The van der Waals surface area contributed by atoms with E-state index in [9.17, 15) is 9.90 Å². The number of nitrogens with zero attached hydrogens (tertiary/aromatic N) is 3. The number of aromatic nitrogens is 4. The first-order valence-corrected chi connectivity index (χ1v) is 9.87. The van der Waals surface area contributed by atoms with E-state index in [0.29, 0.717) is 23.6 Å². The Bertz CT molecular complexity index is 1380. The van der Waals surface area contributed by atoms with Crippen molar-refractivity contribution in [3.05, 3.63) is 102 Å². The van der Waals surface area contributed by atoms with E-state index in [1.54, 1.807) is 24.3 Å². The summed E-state index contributed by atoms with van der Waals surface area (Å²) in [6.07, 6.45) is 2.53. The van der Waals surface area contributed by atoms with E-state index in [-0.39, 0.29) is 5.56 Å². The number of hydrogen-bond acceptors (Lipinski definition) is 4. The summed E-state index contributed by atoms with van der Waals surface area (Å²) < 4.78 is 0. The summed E-state index contributed by atoms with van der Waals surface area (Å²) in [5, 5.41) is 19.2. The fraction of sp³-hybridized carbons (Fsp3) is 0.0400. The number of fused-ring (bicyclic) bond motifs is 1. The smallest absolute Gasteiger partial charge is 0.335 e. The predicted molar refractivity (Wildman–Crippen MR) is 119 cm³/mol. The lowest BCUT2D eigenvalue weighted by Gasteiger charge is -2.10. The summed E-state index contributed by atoms with van der Waals surface area (Å²) in [5.74, 6) is -0.345. The fourth-order valence-electron chi connectivity index (χ4n) is 3.64. The first-order chi connectivity index (χ1) is 15.2. The van der Waals surface area contributed by atoms with Crippen LogP contribution in [0.4, 0.5) is 0 Å². The minimum absolute atomic E-state index is 0.224. The van der Waals surface area contributed by atoms with Crippen LogP contribution in [0.3, 0.4) is 0 Å². The fourth-order valence-corrected chi connectivity index (χ4v) is 3.64. The Kier molecular flexibility index (Phi) is 4.72. The van der Waals surface area contributed by atoms with E-state index in [2.05, 4.69) is 21.2 Å². The number of benzene rings is 3. The van der Waals surface area contributed by atoms with Gasteiger partial charge in [-0.05, 0) is 23.8 Å². The number of rotatable bonds is 5. The number of carbonyl (C=O) groups is 1. The van der Waals surface area contributed by atoms with E-state index >= 15 is 0 Å². The van der Waals surface area contributed by atoms with Gasteiger partial charge in [0.15, 0.2) is 5.82 Å². The molecule has 5 rings (SSSR count). The number of para-hydroxylation sites is 1. The van der Waals surface area contributed by atoms with Gasteiger partial charge < -0.3 is 10.1 Å². The third kappa shape index (κ3) is 3.67. The Morgan fingerprint density at radius 2 is 1.52 bits per heavy atom. The minimum Gasteiger partial charge on any atom is -0.478 e. The van der Waals surface area contributed by atoms with Gasteiger partial charge in [0.2, 0.25) is 0 Å². The van der Waals surface area contributed by atoms with Gasteiger partial charge in [0.25, 0.3) is 0 Å². The summed E-state index contributed by atoms with van der Waals surface area (Å²) >= 11 is 0. The van der Waals surface area contributed by atoms with Crippen LogP contribution in [0.5, 0.6) is 0 Å². The molecule has 0 aliphatic carbocycles. The monoisotopic (exact) mass is 406 g/mol. The van der Waals surface area contributed by atoms with Gasteiger partial charge in [0.1, 0.15) is 11.4 Å². The molecule has 2 heterocycles. The zero-order chi connectivity index (χ0) is 21.2. The zero-order valence-electron chi connectivity index (χ0n) is 16.5. The molecule has 0 fully saturated rings. The molecule has 0 spiro atoms. The van der Waals surface area contributed by atoms with E-state index in [1.807, 2.05) is 54.7 Å². The second-order valence-electron chi connectivity index (χ2n) is 7.21. The summed E-state index contributed by atoms with van der Waals surface area (Å²) in [5.41, 5.74) is 5.43.